The molecular formula is C17H20N2O. The fraction of sp³-hybridized carbons (Fsp3) is 0.529. The predicted octanol–water partition coefficient (Wildman–Crippen LogP) is 2.62. The monoisotopic (exact) mass is 268 g/mol. The molecule has 3 rings (SSSR count). The van der Waals surface area contributed by atoms with Crippen molar-refractivity contribution in [3.63, 3.8) is 0 Å². The lowest BCUT2D eigenvalue weighted by molar-refractivity contribution is -0.130. The van der Waals surface area contributed by atoms with Gasteiger partial charge in [-0.25, -0.2) is 0 Å². The summed E-state index contributed by atoms with van der Waals surface area (Å²) in [6, 6.07) is 8.89. The van der Waals surface area contributed by atoms with Gasteiger partial charge in [-0.05, 0) is 55.2 Å². The van der Waals surface area contributed by atoms with E-state index in [9.17, 15) is 4.79 Å². The summed E-state index contributed by atoms with van der Waals surface area (Å²) in [7, 11) is 0. The molecule has 0 bridgehead atoms. The molecule has 1 fully saturated rings. The van der Waals surface area contributed by atoms with E-state index in [2.05, 4.69) is 24.3 Å². The van der Waals surface area contributed by atoms with Gasteiger partial charge < -0.3 is 4.90 Å². The van der Waals surface area contributed by atoms with E-state index in [1.54, 1.807) is 4.90 Å². The molecule has 1 aromatic carbocycles. The van der Waals surface area contributed by atoms with Crippen molar-refractivity contribution >= 4 is 5.91 Å². The molecule has 0 heterocycles. The minimum Gasteiger partial charge on any atom is -0.326 e. The standard InChI is InChI=1S/C17H20N2O/c18-9-10-19(16-7-8-16)17(20)12-13-5-6-14-3-1-2-4-15(14)11-13/h5-6,11,16H,1-4,7-8,10,12H2. The van der Waals surface area contributed by atoms with Gasteiger partial charge in [-0.1, -0.05) is 18.2 Å². The van der Waals surface area contributed by atoms with Crippen LogP contribution in [0.15, 0.2) is 18.2 Å². The number of aryl methyl sites for hydroxylation is 2. The molecule has 0 spiro atoms. The lowest BCUT2D eigenvalue weighted by Crippen LogP contribution is -2.34. The van der Waals surface area contributed by atoms with Crippen molar-refractivity contribution in [3.05, 3.63) is 34.9 Å². The smallest absolute Gasteiger partial charge is 0.228 e. The maximum Gasteiger partial charge on any atom is 0.228 e. The van der Waals surface area contributed by atoms with Gasteiger partial charge in [0.15, 0.2) is 0 Å². The first-order chi connectivity index (χ1) is 9.78. The van der Waals surface area contributed by atoms with Crippen LogP contribution in [0.4, 0.5) is 0 Å². The Labute approximate surface area is 120 Å². The second kappa shape index (κ2) is 5.66. The Hall–Kier alpha value is -1.82. The van der Waals surface area contributed by atoms with Crippen LogP contribution in [-0.4, -0.2) is 23.4 Å². The highest BCUT2D eigenvalue weighted by molar-refractivity contribution is 5.79. The quantitative estimate of drug-likeness (QED) is 0.788. The molecule has 2 aliphatic carbocycles. The molecule has 0 aliphatic heterocycles. The predicted molar refractivity (Wildman–Crippen MR) is 77.1 cm³/mol. The summed E-state index contributed by atoms with van der Waals surface area (Å²) in [5, 5.41) is 8.84. The van der Waals surface area contributed by atoms with Crippen LogP contribution in [0.3, 0.4) is 0 Å². The Balaban J connectivity index is 1.70. The number of nitriles is 1. The van der Waals surface area contributed by atoms with Crippen LogP contribution in [-0.2, 0) is 24.1 Å². The largest absolute Gasteiger partial charge is 0.326 e. The first kappa shape index (κ1) is 13.2. The van der Waals surface area contributed by atoms with Crippen molar-refractivity contribution < 1.29 is 4.79 Å². The highest BCUT2D eigenvalue weighted by atomic mass is 16.2. The van der Waals surface area contributed by atoms with Gasteiger partial charge in [-0.15, -0.1) is 0 Å². The topological polar surface area (TPSA) is 44.1 Å². The molecule has 104 valence electrons. The van der Waals surface area contributed by atoms with Gasteiger partial charge in [0.25, 0.3) is 0 Å². The van der Waals surface area contributed by atoms with Gasteiger partial charge in [0.1, 0.15) is 6.54 Å². The highest BCUT2D eigenvalue weighted by Crippen LogP contribution is 2.27. The second-order valence-electron chi connectivity index (χ2n) is 5.90. The van der Waals surface area contributed by atoms with Crippen LogP contribution >= 0.6 is 0 Å². The maximum atomic E-state index is 12.3. The van der Waals surface area contributed by atoms with E-state index in [1.807, 2.05) is 0 Å². The van der Waals surface area contributed by atoms with Gasteiger partial charge in [0, 0.05) is 6.04 Å². The van der Waals surface area contributed by atoms with Crippen LogP contribution < -0.4 is 0 Å². The Bertz CT molecular complexity index is 555. The molecule has 1 amide bonds. The number of amides is 1. The Kier molecular flexibility index (Phi) is 3.73. The molecule has 2 aliphatic rings. The third kappa shape index (κ3) is 2.85. The van der Waals surface area contributed by atoms with Crippen LogP contribution in [0.25, 0.3) is 0 Å². The third-order valence-electron chi connectivity index (χ3n) is 4.32. The number of hydrogen-bond acceptors (Lipinski definition) is 2. The summed E-state index contributed by atoms with van der Waals surface area (Å²) in [6.07, 6.45) is 7.39. The van der Waals surface area contributed by atoms with E-state index in [0.717, 1.165) is 24.8 Å². The molecule has 3 heteroatoms. The maximum absolute atomic E-state index is 12.3. The van der Waals surface area contributed by atoms with Gasteiger partial charge >= 0.3 is 0 Å². The number of benzene rings is 1. The van der Waals surface area contributed by atoms with Crippen molar-refractivity contribution in [1.82, 2.24) is 4.90 Å². The first-order valence-corrected chi connectivity index (χ1v) is 7.55. The molecular weight excluding hydrogens is 248 g/mol. The molecule has 0 radical (unpaired) electrons. The summed E-state index contributed by atoms with van der Waals surface area (Å²) in [4.78, 5) is 14.1. The summed E-state index contributed by atoms with van der Waals surface area (Å²) in [5.41, 5.74) is 3.96. The minimum atomic E-state index is 0.102. The Morgan fingerprint density at radius 3 is 2.70 bits per heavy atom. The van der Waals surface area contributed by atoms with Crippen LogP contribution in [0.1, 0.15) is 42.4 Å². The van der Waals surface area contributed by atoms with Crippen LogP contribution in [0.5, 0.6) is 0 Å². The van der Waals surface area contributed by atoms with Crippen molar-refractivity contribution in [1.29, 1.82) is 5.26 Å². The lowest BCUT2D eigenvalue weighted by Gasteiger charge is -2.20. The van der Waals surface area contributed by atoms with Gasteiger partial charge in [0.05, 0.1) is 12.5 Å². The second-order valence-corrected chi connectivity index (χ2v) is 5.90. The summed E-state index contributed by atoms with van der Waals surface area (Å²) < 4.78 is 0. The zero-order valence-electron chi connectivity index (χ0n) is 11.8. The van der Waals surface area contributed by atoms with Crippen molar-refractivity contribution in [3.8, 4) is 6.07 Å². The number of carbonyl (C=O) groups is 1. The third-order valence-corrected chi connectivity index (χ3v) is 4.32. The number of fused-ring (bicyclic) bond motifs is 1. The van der Waals surface area contributed by atoms with Crippen LogP contribution in [0.2, 0.25) is 0 Å². The molecule has 0 saturated heterocycles. The van der Waals surface area contributed by atoms with Gasteiger partial charge in [-0.3, -0.25) is 4.79 Å². The van der Waals surface area contributed by atoms with Crippen molar-refractivity contribution in [2.24, 2.45) is 0 Å². The molecule has 0 unspecified atom stereocenters. The van der Waals surface area contributed by atoms with E-state index >= 15 is 0 Å². The number of nitrogens with zero attached hydrogens (tertiary/aromatic N) is 2. The summed E-state index contributed by atoms with van der Waals surface area (Å²) in [6.45, 7) is 0.231. The van der Waals surface area contributed by atoms with Gasteiger partial charge in [0.2, 0.25) is 5.91 Å². The van der Waals surface area contributed by atoms with Crippen LogP contribution in [0, 0.1) is 11.3 Å². The van der Waals surface area contributed by atoms with Crippen molar-refractivity contribution in [2.75, 3.05) is 6.54 Å². The van der Waals surface area contributed by atoms with E-state index in [0.29, 0.717) is 12.5 Å². The molecule has 0 atom stereocenters. The lowest BCUT2D eigenvalue weighted by atomic mass is 9.90. The summed E-state index contributed by atoms with van der Waals surface area (Å²) >= 11 is 0. The van der Waals surface area contributed by atoms with E-state index in [-0.39, 0.29) is 12.5 Å². The normalized spacial score (nSPS) is 17.1. The minimum absolute atomic E-state index is 0.102. The Morgan fingerprint density at radius 1 is 1.25 bits per heavy atom. The number of rotatable bonds is 4. The first-order valence-electron chi connectivity index (χ1n) is 7.55. The summed E-state index contributed by atoms with van der Waals surface area (Å²) in [5.74, 6) is 0.102. The SMILES string of the molecule is N#CCN(C(=O)Cc1ccc2c(c1)CCCC2)C1CC1. The average molecular weight is 268 g/mol. The molecule has 1 aromatic rings. The highest BCUT2D eigenvalue weighted by Gasteiger charge is 2.32. The fourth-order valence-corrected chi connectivity index (χ4v) is 3.06. The van der Waals surface area contributed by atoms with E-state index in [4.69, 9.17) is 5.26 Å². The fourth-order valence-electron chi connectivity index (χ4n) is 3.06. The molecule has 3 nitrogen and oxygen atoms in total. The zero-order valence-corrected chi connectivity index (χ0v) is 11.8. The average Bonchev–Trinajstić information content (AvgIpc) is 3.29. The molecule has 0 N–H and O–H groups in total. The number of hydrogen-bond donors (Lipinski definition) is 0. The van der Waals surface area contributed by atoms with Crippen molar-refractivity contribution in [2.45, 2.75) is 51.0 Å². The van der Waals surface area contributed by atoms with E-state index < -0.39 is 0 Å². The zero-order chi connectivity index (χ0) is 13.9. The van der Waals surface area contributed by atoms with Gasteiger partial charge in [-0.2, -0.15) is 5.26 Å². The van der Waals surface area contributed by atoms with E-state index in [1.165, 1.54) is 30.4 Å². The molecule has 20 heavy (non-hydrogen) atoms. The number of carbonyl (C=O) groups excluding carboxylic acids is 1. The molecule has 1 saturated carbocycles. The Morgan fingerprint density at radius 2 is 2.00 bits per heavy atom. The molecule has 0 aromatic heterocycles.